The van der Waals surface area contributed by atoms with Crippen LogP contribution in [0.1, 0.15) is 18.6 Å². The molecule has 4 N–H and O–H groups in total. The van der Waals surface area contributed by atoms with Crippen molar-refractivity contribution in [3.8, 4) is 5.75 Å². The number of nitrogens with zero attached hydrogens (tertiary/aromatic N) is 1. The number of aliphatic hydroxyl groups is 2. The molecule has 0 aromatic heterocycles. The van der Waals surface area contributed by atoms with E-state index in [-0.39, 0.29) is 12.1 Å². The molecule has 0 saturated carbocycles. The van der Waals surface area contributed by atoms with Crippen molar-refractivity contribution in [3.63, 3.8) is 0 Å². The van der Waals surface area contributed by atoms with E-state index in [0.717, 1.165) is 6.07 Å². The topological polar surface area (TPSA) is 133 Å². The van der Waals surface area contributed by atoms with Gasteiger partial charge in [0.05, 0.1) is 4.92 Å². The van der Waals surface area contributed by atoms with E-state index in [2.05, 4.69) is 5.32 Å². The van der Waals surface area contributed by atoms with Crippen LogP contribution in [0.15, 0.2) is 12.1 Å². The molecule has 0 radical (unpaired) electrons. The van der Waals surface area contributed by atoms with Gasteiger partial charge in [-0.1, -0.05) is 0 Å². The van der Waals surface area contributed by atoms with Crippen molar-refractivity contribution in [1.29, 1.82) is 0 Å². The summed E-state index contributed by atoms with van der Waals surface area (Å²) in [4.78, 5) is 20.3. The van der Waals surface area contributed by atoms with Crippen molar-refractivity contribution in [2.75, 3.05) is 6.54 Å². The summed E-state index contributed by atoms with van der Waals surface area (Å²) in [5, 5.41) is 41.4. The first-order chi connectivity index (χ1) is 9.23. The number of amides is 1. The molecule has 0 bridgehead atoms. The third kappa shape index (κ3) is 3.62. The highest BCUT2D eigenvalue weighted by Crippen LogP contribution is 2.32. The molecule has 0 aliphatic carbocycles. The summed E-state index contributed by atoms with van der Waals surface area (Å²) >= 11 is 0. The lowest BCUT2D eigenvalue weighted by atomic mass is 10.0. The summed E-state index contributed by atoms with van der Waals surface area (Å²) in [6.07, 6.45) is -3.14. The molecule has 20 heavy (non-hydrogen) atoms. The fraction of sp³-hybridized carbons (Fsp3) is 0.364. The molecule has 0 saturated heterocycles. The zero-order valence-electron chi connectivity index (χ0n) is 10.4. The molecular weight excluding hydrogens is 275 g/mol. The van der Waals surface area contributed by atoms with Crippen molar-refractivity contribution >= 4 is 11.6 Å². The fourth-order valence-corrected chi connectivity index (χ4v) is 1.50. The zero-order valence-corrected chi connectivity index (χ0v) is 10.4. The zero-order chi connectivity index (χ0) is 15.4. The van der Waals surface area contributed by atoms with Gasteiger partial charge in [-0.2, -0.15) is 0 Å². The van der Waals surface area contributed by atoms with Crippen LogP contribution in [0, 0.1) is 15.9 Å². The molecule has 1 rings (SSSR count). The van der Waals surface area contributed by atoms with Crippen LogP contribution in [-0.4, -0.2) is 38.8 Å². The van der Waals surface area contributed by atoms with E-state index >= 15 is 0 Å². The number of halogens is 1. The van der Waals surface area contributed by atoms with Gasteiger partial charge in [0.25, 0.3) is 0 Å². The number of nitro groups is 1. The Morgan fingerprint density at radius 1 is 1.50 bits per heavy atom. The van der Waals surface area contributed by atoms with Crippen molar-refractivity contribution in [1.82, 2.24) is 5.32 Å². The second kappa shape index (κ2) is 6.26. The maximum Gasteiger partial charge on any atom is 0.314 e. The molecule has 2 atom stereocenters. The number of carbonyl (C=O) groups excluding carboxylic acids is 1. The Balaban J connectivity index is 3.01. The second-order valence-electron chi connectivity index (χ2n) is 4.08. The molecule has 110 valence electrons. The molecule has 8 nitrogen and oxygen atoms in total. The number of phenolic OH excluding ortho intramolecular Hbond substituents is 1. The second-order valence-corrected chi connectivity index (χ2v) is 4.08. The number of carbonyl (C=O) groups is 1. The largest absolute Gasteiger partial charge is 0.500 e. The van der Waals surface area contributed by atoms with Crippen LogP contribution in [0.4, 0.5) is 10.1 Å². The predicted molar refractivity (Wildman–Crippen MR) is 64.4 cm³/mol. The first-order valence-electron chi connectivity index (χ1n) is 5.51. The number of rotatable bonds is 5. The molecule has 0 aliphatic heterocycles. The van der Waals surface area contributed by atoms with E-state index in [4.69, 9.17) is 0 Å². The lowest BCUT2D eigenvalue weighted by molar-refractivity contribution is -0.386. The quantitative estimate of drug-likeness (QED) is 0.444. The Bertz CT molecular complexity index is 536. The summed E-state index contributed by atoms with van der Waals surface area (Å²) in [6.45, 7) is 0.886. The fourth-order valence-electron chi connectivity index (χ4n) is 1.50. The highest BCUT2D eigenvalue weighted by Gasteiger charge is 2.25. The maximum absolute atomic E-state index is 13.3. The Morgan fingerprint density at radius 3 is 2.60 bits per heavy atom. The van der Waals surface area contributed by atoms with Crippen molar-refractivity contribution in [2.24, 2.45) is 0 Å². The Kier molecular flexibility index (Phi) is 4.94. The molecule has 1 amide bonds. The van der Waals surface area contributed by atoms with E-state index in [1.807, 2.05) is 0 Å². The van der Waals surface area contributed by atoms with Gasteiger partial charge in [-0.25, -0.2) is 4.39 Å². The number of phenols is 1. The minimum Gasteiger partial charge on any atom is -0.500 e. The van der Waals surface area contributed by atoms with Crippen LogP contribution in [0.3, 0.4) is 0 Å². The van der Waals surface area contributed by atoms with Gasteiger partial charge in [0, 0.05) is 19.5 Å². The first-order valence-corrected chi connectivity index (χ1v) is 5.51. The molecule has 0 heterocycles. The molecule has 9 heteroatoms. The maximum atomic E-state index is 13.3. The van der Waals surface area contributed by atoms with Crippen molar-refractivity contribution < 1.29 is 29.4 Å². The first kappa shape index (κ1) is 15.8. The Labute approximate surface area is 112 Å². The highest BCUT2D eigenvalue weighted by molar-refractivity contribution is 5.72. The number of nitro benzene ring substituents is 1. The number of aromatic hydroxyl groups is 1. The van der Waals surface area contributed by atoms with Crippen LogP contribution < -0.4 is 5.32 Å². The minimum absolute atomic E-state index is 0.287. The number of aliphatic hydroxyl groups excluding tert-OH is 2. The molecule has 0 spiro atoms. The number of nitrogens with one attached hydrogen (secondary N) is 1. The molecule has 0 fully saturated rings. The molecule has 1 aromatic rings. The normalized spacial score (nSPS) is 13.6. The summed E-state index contributed by atoms with van der Waals surface area (Å²) in [7, 11) is 0. The van der Waals surface area contributed by atoms with Crippen molar-refractivity contribution in [2.45, 2.75) is 19.1 Å². The molecule has 2 unspecified atom stereocenters. The standard InChI is InChI=1S/C11H13FN2O6/c1-5(15)13-4-9(16)10(17)6-2-7(12)11(18)8(3-6)14(19)20/h2-3,9-10,16-18H,4H2,1H3,(H,13,15). The van der Waals surface area contributed by atoms with Crippen LogP contribution in [0.2, 0.25) is 0 Å². The Morgan fingerprint density at radius 2 is 2.10 bits per heavy atom. The average Bonchev–Trinajstić information content (AvgIpc) is 2.37. The third-order valence-corrected chi connectivity index (χ3v) is 2.53. The summed E-state index contributed by atoms with van der Waals surface area (Å²) in [5.74, 6) is -2.89. The number of benzene rings is 1. The van der Waals surface area contributed by atoms with Gasteiger partial charge in [-0.05, 0) is 11.6 Å². The Hall–Kier alpha value is -2.26. The smallest absolute Gasteiger partial charge is 0.314 e. The van der Waals surface area contributed by atoms with Crippen LogP contribution in [0.25, 0.3) is 0 Å². The van der Waals surface area contributed by atoms with E-state index in [0.29, 0.717) is 6.07 Å². The predicted octanol–water partition coefficient (Wildman–Crippen LogP) is -0.0301. The number of hydrogen-bond donors (Lipinski definition) is 4. The summed E-state index contributed by atoms with van der Waals surface area (Å²) < 4.78 is 13.3. The third-order valence-electron chi connectivity index (χ3n) is 2.53. The van der Waals surface area contributed by atoms with Gasteiger partial charge in [0.2, 0.25) is 11.7 Å². The number of hydrogen-bond acceptors (Lipinski definition) is 6. The van der Waals surface area contributed by atoms with Crippen LogP contribution >= 0.6 is 0 Å². The van der Waals surface area contributed by atoms with E-state index in [1.54, 1.807) is 0 Å². The lowest BCUT2D eigenvalue weighted by Gasteiger charge is -2.18. The monoisotopic (exact) mass is 288 g/mol. The minimum atomic E-state index is -1.66. The van der Waals surface area contributed by atoms with Crippen molar-refractivity contribution in [3.05, 3.63) is 33.6 Å². The van der Waals surface area contributed by atoms with Crippen LogP contribution in [-0.2, 0) is 4.79 Å². The summed E-state index contributed by atoms with van der Waals surface area (Å²) in [5.41, 5.74) is -1.21. The highest BCUT2D eigenvalue weighted by atomic mass is 19.1. The van der Waals surface area contributed by atoms with Gasteiger partial charge in [0.15, 0.2) is 5.82 Å². The van der Waals surface area contributed by atoms with Gasteiger partial charge < -0.3 is 20.6 Å². The van der Waals surface area contributed by atoms with Gasteiger partial charge in [-0.3, -0.25) is 14.9 Å². The van der Waals surface area contributed by atoms with Gasteiger partial charge >= 0.3 is 5.69 Å². The van der Waals surface area contributed by atoms with E-state index in [9.17, 15) is 34.6 Å². The van der Waals surface area contributed by atoms with Crippen LogP contribution in [0.5, 0.6) is 5.75 Å². The molecule has 0 aliphatic rings. The average molecular weight is 288 g/mol. The van der Waals surface area contributed by atoms with Gasteiger partial charge in [0.1, 0.15) is 12.2 Å². The molecular formula is C11H13FN2O6. The summed E-state index contributed by atoms with van der Waals surface area (Å²) in [6, 6.07) is 1.42. The van der Waals surface area contributed by atoms with E-state index < -0.39 is 40.3 Å². The van der Waals surface area contributed by atoms with E-state index in [1.165, 1.54) is 6.92 Å². The lowest BCUT2D eigenvalue weighted by Crippen LogP contribution is -2.34. The SMILES string of the molecule is CC(=O)NCC(O)C(O)c1cc(F)c(O)c([N+](=O)[O-])c1. The molecule has 1 aromatic carbocycles. The van der Waals surface area contributed by atoms with Gasteiger partial charge in [-0.15, -0.1) is 0 Å².